The molecule has 6 nitrogen and oxygen atoms in total. The molecule has 2 aromatic heterocycles. The van der Waals surface area contributed by atoms with Crippen LogP contribution < -0.4 is 10.9 Å². The highest BCUT2D eigenvalue weighted by Crippen LogP contribution is 2.33. The molecule has 0 atom stereocenters. The topological polar surface area (TPSA) is 78.1 Å². The van der Waals surface area contributed by atoms with Crippen molar-refractivity contribution in [1.29, 1.82) is 0 Å². The Labute approximate surface area is 167 Å². The molecule has 0 spiro atoms. The summed E-state index contributed by atoms with van der Waals surface area (Å²) in [7, 11) is 1.85. The van der Waals surface area contributed by atoms with E-state index < -0.39 is 0 Å². The molecule has 0 saturated carbocycles. The second-order valence-corrected chi connectivity index (χ2v) is 8.57. The number of carbonyl (C=O) groups is 1. The molecule has 3 aromatic rings. The van der Waals surface area contributed by atoms with E-state index in [-0.39, 0.29) is 18.0 Å². The zero-order valence-electron chi connectivity index (χ0n) is 16.2. The molecular weight excluding hydrogens is 372 g/mol. The number of likely N-dealkylation sites (N-methyl/N-ethyl adjacent to an activating group) is 1. The Bertz CT molecular complexity index is 1070. The molecule has 1 aliphatic carbocycles. The quantitative estimate of drug-likeness (QED) is 0.694. The van der Waals surface area contributed by atoms with Gasteiger partial charge in [0.15, 0.2) is 0 Å². The number of nitrogens with one attached hydrogen (secondary N) is 2. The first-order valence-electron chi connectivity index (χ1n) is 9.58. The Hall–Kier alpha value is -2.51. The zero-order valence-corrected chi connectivity index (χ0v) is 17.0. The van der Waals surface area contributed by atoms with E-state index in [0.717, 1.165) is 40.7 Å². The fourth-order valence-electron chi connectivity index (χ4n) is 3.68. The molecule has 2 N–H and O–H groups in total. The van der Waals surface area contributed by atoms with Gasteiger partial charge in [0.05, 0.1) is 18.5 Å². The Morgan fingerprint density at radius 1 is 1.25 bits per heavy atom. The van der Waals surface area contributed by atoms with E-state index in [1.807, 2.05) is 43.1 Å². The van der Waals surface area contributed by atoms with Crippen molar-refractivity contribution in [2.75, 3.05) is 18.9 Å². The van der Waals surface area contributed by atoms with Crippen LogP contribution in [0.2, 0.25) is 0 Å². The third kappa shape index (κ3) is 4.00. The van der Waals surface area contributed by atoms with Crippen LogP contribution in [-0.2, 0) is 24.2 Å². The summed E-state index contributed by atoms with van der Waals surface area (Å²) < 4.78 is 0. The second-order valence-electron chi connectivity index (χ2n) is 7.49. The number of nitrogens with zero attached hydrogens (tertiary/aromatic N) is 2. The predicted molar refractivity (Wildman–Crippen MR) is 113 cm³/mol. The molecule has 0 bridgehead atoms. The molecular formula is C21H24N4O2S. The van der Waals surface area contributed by atoms with Gasteiger partial charge in [-0.2, -0.15) is 0 Å². The lowest BCUT2D eigenvalue weighted by atomic mass is 9.97. The Kier molecular flexibility index (Phi) is 5.28. The van der Waals surface area contributed by atoms with Crippen LogP contribution >= 0.6 is 11.3 Å². The molecule has 0 fully saturated rings. The molecule has 1 amide bonds. The number of H-pyrrole nitrogens is 1. The van der Waals surface area contributed by atoms with Crippen molar-refractivity contribution in [2.45, 2.75) is 39.2 Å². The molecule has 1 aliphatic rings. The van der Waals surface area contributed by atoms with E-state index in [9.17, 15) is 9.59 Å². The van der Waals surface area contributed by atoms with Crippen molar-refractivity contribution >= 4 is 33.1 Å². The predicted octanol–water partition coefficient (Wildman–Crippen LogP) is 3.24. The van der Waals surface area contributed by atoms with Gasteiger partial charge in [0, 0.05) is 10.6 Å². The van der Waals surface area contributed by atoms with Gasteiger partial charge in [-0.3, -0.25) is 14.5 Å². The van der Waals surface area contributed by atoms with Crippen molar-refractivity contribution in [3.8, 4) is 0 Å². The van der Waals surface area contributed by atoms with Gasteiger partial charge < -0.3 is 10.3 Å². The first-order valence-corrected chi connectivity index (χ1v) is 10.4. The summed E-state index contributed by atoms with van der Waals surface area (Å²) in [5.41, 5.74) is 3.06. The third-order valence-electron chi connectivity index (χ3n) is 5.04. The standard InChI is InChI=1S/C21H24N4O2S/c1-13-7-9-14(10-8-13)22-18(26)12-25(2)11-17-23-20(27)19-15-5-3-4-6-16(15)28-21(19)24-17/h7-10H,3-6,11-12H2,1-2H3,(H,22,26)(H,23,24,27). The molecule has 0 saturated heterocycles. The van der Waals surface area contributed by atoms with E-state index >= 15 is 0 Å². The fourth-order valence-corrected chi connectivity index (χ4v) is 4.96. The molecule has 4 rings (SSSR count). The summed E-state index contributed by atoms with van der Waals surface area (Å²) in [4.78, 5) is 36.4. The maximum absolute atomic E-state index is 12.6. The van der Waals surface area contributed by atoms with Crippen molar-refractivity contribution in [3.05, 3.63) is 56.4 Å². The number of fused-ring (bicyclic) bond motifs is 3. The Balaban J connectivity index is 1.44. The number of aromatic amines is 1. The lowest BCUT2D eigenvalue weighted by Crippen LogP contribution is -2.31. The summed E-state index contributed by atoms with van der Waals surface area (Å²) in [6, 6.07) is 7.70. The van der Waals surface area contributed by atoms with E-state index in [4.69, 9.17) is 0 Å². The van der Waals surface area contributed by atoms with Gasteiger partial charge in [-0.15, -0.1) is 11.3 Å². The number of aryl methyl sites for hydroxylation is 3. The number of thiophene rings is 1. The van der Waals surface area contributed by atoms with Crippen LogP contribution in [-0.4, -0.2) is 34.4 Å². The largest absolute Gasteiger partial charge is 0.325 e. The maximum atomic E-state index is 12.6. The smallest absolute Gasteiger partial charge is 0.259 e. The number of rotatable bonds is 5. The maximum Gasteiger partial charge on any atom is 0.259 e. The SMILES string of the molecule is Cc1ccc(NC(=O)CN(C)Cc2nc3sc4c(c3c(=O)[nH]2)CCCC4)cc1. The van der Waals surface area contributed by atoms with Crippen LogP contribution in [0.3, 0.4) is 0 Å². The molecule has 2 heterocycles. The normalized spacial score (nSPS) is 13.7. The number of benzene rings is 1. The summed E-state index contributed by atoms with van der Waals surface area (Å²) in [6.07, 6.45) is 4.34. The zero-order chi connectivity index (χ0) is 19.7. The average molecular weight is 397 g/mol. The van der Waals surface area contributed by atoms with Gasteiger partial charge in [-0.25, -0.2) is 4.98 Å². The Morgan fingerprint density at radius 3 is 2.79 bits per heavy atom. The van der Waals surface area contributed by atoms with Crippen LogP contribution in [0.4, 0.5) is 5.69 Å². The van der Waals surface area contributed by atoms with Crippen molar-refractivity contribution in [2.24, 2.45) is 0 Å². The minimum absolute atomic E-state index is 0.0584. The second kappa shape index (κ2) is 7.85. The Morgan fingerprint density at radius 2 is 2.00 bits per heavy atom. The van der Waals surface area contributed by atoms with E-state index in [2.05, 4.69) is 15.3 Å². The summed E-state index contributed by atoms with van der Waals surface area (Å²) in [5.74, 6) is 0.503. The van der Waals surface area contributed by atoms with Crippen LogP contribution in [0.5, 0.6) is 0 Å². The minimum atomic E-state index is -0.0960. The van der Waals surface area contributed by atoms with Crippen LogP contribution in [0.25, 0.3) is 10.2 Å². The fraction of sp³-hybridized carbons (Fsp3) is 0.381. The molecule has 0 aliphatic heterocycles. The van der Waals surface area contributed by atoms with E-state index in [1.165, 1.54) is 16.9 Å². The lowest BCUT2D eigenvalue weighted by Gasteiger charge is -2.15. The number of carbonyl (C=O) groups excluding carboxylic acids is 1. The van der Waals surface area contributed by atoms with Crippen LogP contribution in [0.15, 0.2) is 29.1 Å². The van der Waals surface area contributed by atoms with Crippen molar-refractivity contribution < 1.29 is 4.79 Å². The van der Waals surface area contributed by atoms with Gasteiger partial charge in [-0.1, -0.05) is 17.7 Å². The number of anilines is 1. The molecule has 28 heavy (non-hydrogen) atoms. The van der Waals surface area contributed by atoms with Gasteiger partial charge in [0.1, 0.15) is 10.7 Å². The van der Waals surface area contributed by atoms with Crippen molar-refractivity contribution in [3.63, 3.8) is 0 Å². The molecule has 7 heteroatoms. The minimum Gasteiger partial charge on any atom is -0.325 e. The van der Waals surface area contributed by atoms with E-state index in [0.29, 0.717) is 12.4 Å². The summed E-state index contributed by atoms with van der Waals surface area (Å²) >= 11 is 1.64. The van der Waals surface area contributed by atoms with Crippen molar-refractivity contribution in [1.82, 2.24) is 14.9 Å². The average Bonchev–Trinajstić information content (AvgIpc) is 3.02. The first-order chi connectivity index (χ1) is 13.5. The lowest BCUT2D eigenvalue weighted by molar-refractivity contribution is -0.117. The molecule has 0 unspecified atom stereocenters. The van der Waals surface area contributed by atoms with E-state index in [1.54, 1.807) is 11.3 Å². The molecule has 0 radical (unpaired) electrons. The van der Waals surface area contributed by atoms with Crippen LogP contribution in [0, 0.1) is 6.92 Å². The highest BCUT2D eigenvalue weighted by molar-refractivity contribution is 7.18. The first kappa shape index (κ1) is 18.8. The highest BCUT2D eigenvalue weighted by Gasteiger charge is 2.20. The van der Waals surface area contributed by atoms with Gasteiger partial charge >= 0.3 is 0 Å². The number of hydrogen-bond donors (Lipinski definition) is 2. The molecule has 1 aromatic carbocycles. The summed E-state index contributed by atoms with van der Waals surface area (Å²) in [6.45, 7) is 2.64. The number of amides is 1. The summed E-state index contributed by atoms with van der Waals surface area (Å²) in [5, 5.41) is 3.66. The number of aromatic nitrogens is 2. The van der Waals surface area contributed by atoms with Gasteiger partial charge in [0.25, 0.3) is 5.56 Å². The highest BCUT2D eigenvalue weighted by atomic mass is 32.1. The number of hydrogen-bond acceptors (Lipinski definition) is 5. The van der Waals surface area contributed by atoms with Crippen LogP contribution in [0.1, 0.15) is 34.7 Å². The third-order valence-corrected chi connectivity index (χ3v) is 6.23. The van der Waals surface area contributed by atoms with Gasteiger partial charge in [0.2, 0.25) is 5.91 Å². The molecule has 146 valence electrons. The monoisotopic (exact) mass is 396 g/mol. The van der Waals surface area contributed by atoms with Gasteiger partial charge in [-0.05, 0) is 57.4 Å².